The van der Waals surface area contributed by atoms with Crippen molar-refractivity contribution in [2.24, 2.45) is 28.6 Å². The van der Waals surface area contributed by atoms with E-state index in [2.05, 4.69) is 34.6 Å². The van der Waals surface area contributed by atoms with Gasteiger partial charge in [0.1, 0.15) is 0 Å². The van der Waals surface area contributed by atoms with E-state index in [1.807, 2.05) is 0 Å². The third-order valence-electron chi connectivity index (χ3n) is 6.87. The van der Waals surface area contributed by atoms with E-state index in [1.165, 1.54) is 70.6 Å². The van der Waals surface area contributed by atoms with Crippen LogP contribution in [0, 0.1) is 28.6 Å². The van der Waals surface area contributed by atoms with Crippen LogP contribution in [0.3, 0.4) is 0 Å². The van der Waals surface area contributed by atoms with Crippen molar-refractivity contribution in [2.75, 3.05) is 0 Å². The number of unbranched alkanes of at least 4 members (excludes halogenated alkanes) is 1. The summed E-state index contributed by atoms with van der Waals surface area (Å²) in [5.41, 5.74) is 1.25. The molecule has 0 spiro atoms. The predicted octanol–water partition coefficient (Wildman–Crippen LogP) is 7.23. The Morgan fingerprint density at radius 3 is 1.48 bits per heavy atom. The molecule has 0 saturated heterocycles. The largest absolute Gasteiger partial charge is 0.0654 e. The molecule has 0 heterocycles. The van der Waals surface area contributed by atoms with E-state index < -0.39 is 0 Å². The zero-order chi connectivity index (χ0) is 15.5. The summed E-state index contributed by atoms with van der Waals surface area (Å²) in [6.07, 6.45) is 16.3. The highest BCUT2D eigenvalue weighted by atomic mass is 14.4. The fourth-order valence-electron chi connectivity index (χ4n) is 5.00. The van der Waals surface area contributed by atoms with Gasteiger partial charge in [0.05, 0.1) is 0 Å². The molecule has 0 atom stereocenters. The maximum absolute atomic E-state index is 2.48. The quantitative estimate of drug-likeness (QED) is 0.501. The van der Waals surface area contributed by atoms with Gasteiger partial charge in [0, 0.05) is 0 Å². The Bertz CT molecular complexity index is 264. The van der Waals surface area contributed by atoms with Gasteiger partial charge in [-0.05, 0) is 86.4 Å². The van der Waals surface area contributed by atoms with Crippen LogP contribution in [0.25, 0.3) is 0 Å². The van der Waals surface area contributed by atoms with Crippen LogP contribution < -0.4 is 0 Å². The Kier molecular flexibility index (Phi) is 5.83. The third kappa shape index (κ3) is 5.00. The first-order valence-corrected chi connectivity index (χ1v) is 9.83. The minimum Gasteiger partial charge on any atom is -0.0654 e. The molecule has 2 fully saturated rings. The Morgan fingerprint density at radius 1 is 0.762 bits per heavy atom. The standard InChI is InChI=1S/C21H40/c1-6-7-8-19(17-9-13-20(2,3)14-10-17)18-11-15-21(4,5)16-12-18/h17-19H,6-16H2,1-5H3. The Morgan fingerprint density at radius 2 is 1.14 bits per heavy atom. The lowest BCUT2D eigenvalue weighted by molar-refractivity contribution is 0.0685. The molecule has 124 valence electrons. The second-order valence-electron chi connectivity index (χ2n) is 9.81. The van der Waals surface area contributed by atoms with E-state index in [0.29, 0.717) is 10.8 Å². The van der Waals surface area contributed by atoms with Gasteiger partial charge in [-0.2, -0.15) is 0 Å². The Balaban J connectivity index is 1.95. The highest BCUT2D eigenvalue weighted by Crippen LogP contribution is 2.49. The molecule has 0 aromatic rings. The summed E-state index contributed by atoms with van der Waals surface area (Å²) in [6, 6.07) is 0. The Hall–Kier alpha value is 0. The summed E-state index contributed by atoms with van der Waals surface area (Å²) in [7, 11) is 0. The van der Waals surface area contributed by atoms with Crippen molar-refractivity contribution in [1.82, 2.24) is 0 Å². The molecule has 2 saturated carbocycles. The predicted molar refractivity (Wildman–Crippen MR) is 94.5 cm³/mol. The molecule has 2 aliphatic rings. The lowest BCUT2D eigenvalue weighted by Gasteiger charge is -2.44. The molecular weight excluding hydrogens is 252 g/mol. The fraction of sp³-hybridized carbons (Fsp3) is 1.00. The lowest BCUT2D eigenvalue weighted by atomic mass is 9.61. The average Bonchev–Trinajstić information content (AvgIpc) is 2.42. The first-order chi connectivity index (χ1) is 9.83. The monoisotopic (exact) mass is 292 g/mol. The molecule has 0 aromatic heterocycles. The van der Waals surface area contributed by atoms with E-state index in [-0.39, 0.29) is 0 Å². The van der Waals surface area contributed by atoms with E-state index in [9.17, 15) is 0 Å². The minimum absolute atomic E-state index is 0.625. The number of hydrogen-bond acceptors (Lipinski definition) is 0. The minimum atomic E-state index is 0.625. The van der Waals surface area contributed by atoms with Crippen LogP contribution in [0.4, 0.5) is 0 Å². The van der Waals surface area contributed by atoms with Crippen LogP contribution in [0.15, 0.2) is 0 Å². The van der Waals surface area contributed by atoms with Crippen molar-refractivity contribution in [2.45, 2.75) is 105 Å². The summed E-state index contributed by atoms with van der Waals surface area (Å²) in [5.74, 6) is 3.16. The summed E-state index contributed by atoms with van der Waals surface area (Å²) in [4.78, 5) is 0. The van der Waals surface area contributed by atoms with Gasteiger partial charge < -0.3 is 0 Å². The number of hydrogen-bond donors (Lipinski definition) is 0. The molecule has 0 unspecified atom stereocenters. The maximum Gasteiger partial charge on any atom is -0.0354 e. The fourth-order valence-corrected chi connectivity index (χ4v) is 5.00. The van der Waals surface area contributed by atoms with E-state index in [0.717, 1.165) is 17.8 Å². The van der Waals surface area contributed by atoms with Crippen LogP contribution >= 0.6 is 0 Å². The highest BCUT2D eigenvalue weighted by molar-refractivity contribution is 4.88. The maximum atomic E-state index is 2.48. The molecule has 0 amide bonds. The first kappa shape index (κ1) is 17.4. The molecule has 0 bridgehead atoms. The zero-order valence-electron chi connectivity index (χ0n) is 15.5. The van der Waals surface area contributed by atoms with E-state index in [4.69, 9.17) is 0 Å². The second-order valence-corrected chi connectivity index (χ2v) is 9.81. The van der Waals surface area contributed by atoms with Crippen molar-refractivity contribution in [3.63, 3.8) is 0 Å². The molecule has 0 nitrogen and oxygen atoms in total. The van der Waals surface area contributed by atoms with E-state index >= 15 is 0 Å². The third-order valence-corrected chi connectivity index (χ3v) is 6.87. The summed E-state index contributed by atoms with van der Waals surface area (Å²) in [5, 5.41) is 0. The summed E-state index contributed by atoms with van der Waals surface area (Å²) in [6.45, 7) is 12.3. The van der Waals surface area contributed by atoms with Gasteiger partial charge in [0.15, 0.2) is 0 Å². The summed E-state index contributed by atoms with van der Waals surface area (Å²) < 4.78 is 0. The van der Waals surface area contributed by atoms with Gasteiger partial charge in [0.2, 0.25) is 0 Å². The normalized spacial score (nSPS) is 27.1. The van der Waals surface area contributed by atoms with Gasteiger partial charge in [-0.3, -0.25) is 0 Å². The molecular formula is C21H40. The average molecular weight is 293 g/mol. The smallest absolute Gasteiger partial charge is 0.0354 e. The molecule has 2 rings (SSSR count). The molecule has 21 heavy (non-hydrogen) atoms. The van der Waals surface area contributed by atoms with Crippen molar-refractivity contribution >= 4 is 0 Å². The lowest BCUT2D eigenvalue weighted by Crippen LogP contribution is -2.33. The molecule has 0 N–H and O–H groups in total. The molecule has 0 heteroatoms. The van der Waals surface area contributed by atoms with Crippen molar-refractivity contribution in [3.05, 3.63) is 0 Å². The first-order valence-electron chi connectivity index (χ1n) is 9.83. The van der Waals surface area contributed by atoms with Crippen LogP contribution in [-0.2, 0) is 0 Å². The second kappa shape index (κ2) is 7.05. The topological polar surface area (TPSA) is 0 Å². The van der Waals surface area contributed by atoms with Gasteiger partial charge in [0.25, 0.3) is 0 Å². The van der Waals surface area contributed by atoms with Crippen molar-refractivity contribution in [3.8, 4) is 0 Å². The summed E-state index contributed by atoms with van der Waals surface area (Å²) >= 11 is 0. The van der Waals surface area contributed by atoms with Crippen LogP contribution in [0.1, 0.15) is 105 Å². The van der Waals surface area contributed by atoms with Crippen LogP contribution in [0.2, 0.25) is 0 Å². The van der Waals surface area contributed by atoms with Gasteiger partial charge in [-0.25, -0.2) is 0 Å². The Labute approximate surface area is 134 Å². The van der Waals surface area contributed by atoms with Crippen LogP contribution in [0.5, 0.6) is 0 Å². The zero-order valence-corrected chi connectivity index (χ0v) is 15.5. The van der Waals surface area contributed by atoms with Gasteiger partial charge in [-0.15, -0.1) is 0 Å². The SMILES string of the molecule is CCCCC(C1CCC(C)(C)CC1)C1CCC(C)(C)CC1. The van der Waals surface area contributed by atoms with Crippen molar-refractivity contribution in [1.29, 1.82) is 0 Å². The molecule has 2 aliphatic carbocycles. The molecule has 0 aliphatic heterocycles. The molecule has 0 aromatic carbocycles. The molecule has 0 radical (unpaired) electrons. The van der Waals surface area contributed by atoms with Gasteiger partial charge >= 0.3 is 0 Å². The van der Waals surface area contributed by atoms with Gasteiger partial charge in [-0.1, -0.05) is 47.5 Å². The van der Waals surface area contributed by atoms with Crippen LogP contribution in [-0.4, -0.2) is 0 Å². The number of rotatable bonds is 5. The van der Waals surface area contributed by atoms with E-state index in [1.54, 1.807) is 0 Å². The van der Waals surface area contributed by atoms with Crippen molar-refractivity contribution < 1.29 is 0 Å². The highest BCUT2D eigenvalue weighted by Gasteiger charge is 2.37.